The lowest BCUT2D eigenvalue weighted by Crippen LogP contribution is -2.40. The van der Waals surface area contributed by atoms with Gasteiger partial charge in [-0.3, -0.25) is 4.79 Å². The molecule has 2 aliphatic rings. The Bertz CT molecular complexity index is 526. The molecule has 2 N–H and O–H groups in total. The van der Waals surface area contributed by atoms with Crippen LogP contribution in [-0.4, -0.2) is 12.5 Å². The van der Waals surface area contributed by atoms with Gasteiger partial charge >= 0.3 is 0 Å². The molecule has 3 heteroatoms. The predicted octanol–water partition coefficient (Wildman–Crippen LogP) is 2.65. The molecule has 0 aromatic heterocycles. The fourth-order valence-electron chi connectivity index (χ4n) is 2.79. The van der Waals surface area contributed by atoms with Crippen molar-refractivity contribution in [1.29, 1.82) is 0 Å². The summed E-state index contributed by atoms with van der Waals surface area (Å²) in [5.41, 5.74) is 4.13. The van der Waals surface area contributed by atoms with Gasteiger partial charge in [0.1, 0.15) is 0 Å². The fraction of sp³-hybridized carbons (Fsp3) is 0.588. The molecule has 1 saturated carbocycles. The number of amides is 1. The zero-order valence-corrected chi connectivity index (χ0v) is 12.6. The van der Waals surface area contributed by atoms with E-state index in [1.165, 1.54) is 16.7 Å². The highest BCUT2D eigenvalue weighted by Gasteiger charge is 2.32. The standard InChI is InChI=1S/C17H24N2O/c1-17(2,3)13-6-7-14-12(8-13)9-18-10-15(14)19-16(20)11-4-5-11/h6-8,11,15,18H,4-5,9-10H2,1-3H3,(H,19,20). The van der Waals surface area contributed by atoms with Crippen molar-refractivity contribution in [2.45, 2.75) is 51.6 Å². The lowest BCUT2D eigenvalue weighted by molar-refractivity contribution is -0.123. The number of hydrogen-bond acceptors (Lipinski definition) is 2. The SMILES string of the molecule is CC(C)(C)c1ccc2c(c1)CNCC2NC(=O)C1CC1. The van der Waals surface area contributed by atoms with Gasteiger partial charge in [-0.15, -0.1) is 0 Å². The van der Waals surface area contributed by atoms with Crippen LogP contribution in [0.15, 0.2) is 18.2 Å². The summed E-state index contributed by atoms with van der Waals surface area (Å²) in [5.74, 6) is 0.499. The van der Waals surface area contributed by atoms with Gasteiger partial charge in [-0.2, -0.15) is 0 Å². The Balaban J connectivity index is 1.83. The van der Waals surface area contributed by atoms with E-state index in [1.807, 2.05) is 0 Å². The maximum absolute atomic E-state index is 12.0. The number of nitrogens with one attached hydrogen (secondary N) is 2. The third-order valence-electron chi connectivity index (χ3n) is 4.31. The summed E-state index contributed by atoms with van der Waals surface area (Å²) in [4.78, 5) is 12.0. The molecule has 108 valence electrons. The number of fused-ring (bicyclic) bond motifs is 1. The zero-order chi connectivity index (χ0) is 14.3. The molecule has 0 saturated heterocycles. The molecule has 1 aliphatic heterocycles. The average Bonchev–Trinajstić information content (AvgIpc) is 3.21. The summed E-state index contributed by atoms with van der Waals surface area (Å²) in [6, 6.07) is 6.83. The summed E-state index contributed by atoms with van der Waals surface area (Å²) in [5, 5.41) is 6.61. The first kappa shape index (κ1) is 13.6. The zero-order valence-electron chi connectivity index (χ0n) is 12.6. The van der Waals surface area contributed by atoms with E-state index in [2.05, 4.69) is 49.6 Å². The highest BCUT2D eigenvalue weighted by Crippen LogP contribution is 2.32. The molecule has 1 unspecified atom stereocenters. The molecule has 1 aromatic carbocycles. The van der Waals surface area contributed by atoms with Crippen LogP contribution >= 0.6 is 0 Å². The Hall–Kier alpha value is -1.35. The minimum absolute atomic E-state index is 0.126. The third kappa shape index (κ3) is 2.73. The van der Waals surface area contributed by atoms with Crippen molar-refractivity contribution in [2.24, 2.45) is 5.92 Å². The summed E-state index contributed by atoms with van der Waals surface area (Å²) >= 11 is 0. The van der Waals surface area contributed by atoms with Crippen LogP contribution in [0.5, 0.6) is 0 Å². The van der Waals surface area contributed by atoms with Crippen molar-refractivity contribution < 1.29 is 4.79 Å². The van der Waals surface area contributed by atoms with E-state index in [4.69, 9.17) is 0 Å². The average molecular weight is 272 g/mol. The highest BCUT2D eigenvalue weighted by atomic mass is 16.2. The molecule has 3 nitrogen and oxygen atoms in total. The first-order chi connectivity index (χ1) is 9.45. The first-order valence-electron chi connectivity index (χ1n) is 7.59. The molecular weight excluding hydrogens is 248 g/mol. The molecule has 1 amide bonds. The van der Waals surface area contributed by atoms with E-state index in [9.17, 15) is 4.79 Å². The second-order valence-corrected chi connectivity index (χ2v) is 7.13. The van der Waals surface area contributed by atoms with Gasteiger partial charge in [0.15, 0.2) is 0 Å². The number of carbonyl (C=O) groups excluding carboxylic acids is 1. The molecule has 0 bridgehead atoms. The van der Waals surface area contributed by atoms with Crippen LogP contribution < -0.4 is 10.6 Å². The van der Waals surface area contributed by atoms with Crippen LogP contribution in [-0.2, 0) is 16.8 Å². The van der Waals surface area contributed by atoms with Gasteiger partial charge in [0, 0.05) is 19.0 Å². The van der Waals surface area contributed by atoms with Gasteiger partial charge in [-0.1, -0.05) is 39.0 Å². The minimum Gasteiger partial charge on any atom is -0.348 e. The topological polar surface area (TPSA) is 41.1 Å². The maximum Gasteiger partial charge on any atom is 0.223 e. The number of benzene rings is 1. The monoisotopic (exact) mass is 272 g/mol. The van der Waals surface area contributed by atoms with Gasteiger partial charge in [-0.25, -0.2) is 0 Å². The molecule has 1 fully saturated rings. The van der Waals surface area contributed by atoms with E-state index in [0.717, 1.165) is 25.9 Å². The molecule has 1 atom stereocenters. The lowest BCUT2D eigenvalue weighted by atomic mass is 9.83. The highest BCUT2D eigenvalue weighted by molar-refractivity contribution is 5.81. The van der Waals surface area contributed by atoms with E-state index in [0.29, 0.717) is 0 Å². The smallest absolute Gasteiger partial charge is 0.223 e. The second-order valence-electron chi connectivity index (χ2n) is 7.13. The van der Waals surface area contributed by atoms with Gasteiger partial charge in [0.05, 0.1) is 6.04 Å². The van der Waals surface area contributed by atoms with Crippen molar-refractivity contribution in [3.05, 3.63) is 34.9 Å². The minimum atomic E-state index is 0.126. The normalized spacial score (nSPS) is 22.2. The van der Waals surface area contributed by atoms with Crippen molar-refractivity contribution >= 4 is 5.91 Å². The summed E-state index contributed by atoms with van der Waals surface area (Å²) in [7, 11) is 0. The Morgan fingerprint density at radius 1 is 1.30 bits per heavy atom. The van der Waals surface area contributed by atoms with Gasteiger partial charge < -0.3 is 10.6 Å². The molecule has 3 rings (SSSR count). The summed E-state index contributed by atoms with van der Waals surface area (Å²) < 4.78 is 0. The molecule has 20 heavy (non-hydrogen) atoms. The molecule has 0 radical (unpaired) electrons. The number of carbonyl (C=O) groups is 1. The fourth-order valence-corrected chi connectivity index (χ4v) is 2.79. The van der Waals surface area contributed by atoms with E-state index in [1.54, 1.807) is 0 Å². The van der Waals surface area contributed by atoms with Crippen molar-refractivity contribution in [1.82, 2.24) is 10.6 Å². The predicted molar refractivity (Wildman–Crippen MR) is 80.5 cm³/mol. The Labute approximate surface area is 121 Å². The Kier molecular flexibility index (Phi) is 3.33. The van der Waals surface area contributed by atoms with Crippen molar-refractivity contribution in [3.8, 4) is 0 Å². The first-order valence-corrected chi connectivity index (χ1v) is 7.59. The van der Waals surface area contributed by atoms with Crippen LogP contribution in [0.25, 0.3) is 0 Å². The molecule has 0 spiro atoms. The van der Waals surface area contributed by atoms with Crippen molar-refractivity contribution in [2.75, 3.05) is 6.54 Å². The van der Waals surface area contributed by atoms with Gasteiger partial charge in [-0.05, 0) is 34.9 Å². The Morgan fingerprint density at radius 2 is 2.05 bits per heavy atom. The molecule has 1 aromatic rings. The second kappa shape index (κ2) is 4.88. The van der Waals surface area contributed by atoms with Crippen LogP contribution in [0, 0.1) is 5.92 Å². The number of rotatable bonds is 2. The summed E-state index contributed by atoms with van der Waals surface area (Å²) in [6.07, 6.45) is 2.11. The quantitative estimate of drug-likeness (QED) is 0.869. The number of hydrogen-bond donors (Lipinski definition) is 2. The van der Waals surface area contributed by atoms with Gasteiger partial charge in [0.25, 0.3) is 0 Å². The van der Waals surface area contributed by atoms with E-state index in [-0.39, 0.29) is 23.3 Å². The third-order valence-corrected chi connectivity index (χ3v) is 4.31. The van der Waals surface area contributed by atoms with Crippen LogP contribution in [0.3, 0.4) is 0 Å². The van der Waals surface area contributed by atoms with Gasteiger partial charge in [0.2, 0.25) is 5.91 Å². The van der Waals surface area contributed by atoms with Crippen LogP contribution in [0.2, 0.25) is 0 Å². The largest absolute Gasteiger partial charge is 0.348 e. The maximum atomic E-state index is 12.0. The molecular formula is C17H24N2O. The van der Waals surface area contributed by atoms with Crippen molar-refractivity contribution in [3.63, 3.8) is 0 Å². The van der Waals surface area contributed by atoms with E-state index >= 15 is 0 Å². The molecule has 1 aliphatic carbocycles. The van der Waals surface area contributed by atoms with Crippen LogP contribution in [0.4, 0.5) is 0 Å². The van der Waals surface area contributed by atoms with E-state index < -0.39 is 0 Å². The Morgan fingerprint density at radius 3 is 2.70 bits per heavy atom. The summed E-state index contributed by atoms with van der Waals surface area (Å²) in [6.45, 7) is 8.43. The van der Waals surface area contributed by atoms with Crippen LogP contribution in [0.1, 0.15) is 56.3 Å². The lowest BCUT2D eigenvalue weighted by Gasteiger charge is -2.29. The molecule has 1 heterocycles.